The van der Waals surface area contributed by atoms with E-state index in [0.717, 1.165) is 11.1 Å². The standard InChI is InChI=1S/C25H19NO5/c1-29-25(28)23-22(17-7-3-2-4-8-17)18-9-5-6-10-19(18)24(27)26(23)14-16-11-12-20-21(13-16)31-15-30-20/h2-13H,14-15H2,1H3. The van der Waals surface area contributed by atoms with Crippen molar-refractivity contribution in [3.8, 4) is 22.6 Å². The Morgan fingerprint density at radius 1 is 0.935 bits per heavy atom. The van der Waals surface area contributed by atoms with Crippen LogP contribution in [0.5, 0.6) is 11.5 Å². The molecule has 3 aromatic carbocycles. The Hall–Kier alpha value is -4.06. The van der Waals surface area contributed by atoms with Gasteiger partial charge in [-0.15, -0.1) is 0 Å². The first kappa shape index (κ1) is 18.9. The molecule has 1 aromatic heterocycles. The molecule has 4 aromatic rings. The van der Waals surface area contributed by atoms with Crippen LogP contribution in [0.4, 0.5) is 0 Å². The number of hydrogen-bond donors (Lipinski definition) is 0. The maximum atomic E-state index is 13.5. The van der Waals surface area contributed by atoms with Crippen LogP contribution < -0.4 is 15.0 Å². The van der Waals surface area contributed by atoms with Crippen LogP contribution in [0.15, 0.2) is 77.6 Å². The van der Waals surface area contributed by atoms with Gasteiger partial charge < -0.3 is 14.2 Å². The largest absolute Gasteiger partial charge is 0.464 e. The van der Waals surface area contributed by atoms with Gasteiger partial charge in [-0.2, -0.15) is 0 Å². The van der Waals surface area contributed by atoms with Crippen molar-refractivity contribution in [3.63, 3.8) is 0 Å². The fourth-order valence-corrected chi connectivity index (χ4v) is 3.98. The first-order chi connectivity index (χ1) is 15.2. The van der Waals surface area contributed by atoms with Gasteiger partial charge in [0.15, 0.2) is 11.5 Å². The lowest BCUT2D eigenvalue weighted by Gasteiger charge is -2.19. The quantitative estimate of drug-likeness (QED) is 0.469. The number of ether oxygens (including phenoxy) is 3. The fourth-order valence-electron chi connectivity index (χ4n) is 3.98. The highest BCUT2D eigenvalue weighted by Gasteiger charge is 2.24. The van der Waals surface area contributed by atoms with Crippen molar-refractivity contribution in [2.24, 2.45) is 0 Å². The van der Waals surface area contributed by atoms with E-state index >= 15 is 0 Å². The summed E-state index contributed by atoms with van der Waals surface area (Å²) in [6.07, 6.45) is 0. The van der Waals surface area contributed by atoms with Crippen molar-refractivity contribution < 1.29 is 19.0 Å². The van der Waals surface area contributed by atoms with Gasteiger partial charge in [-0.05, 0) is 34.7 Å². The van der Waals surface area contributed by atoms with Crippen molar-refractivity contribution in [2.75, 3.05) is 13.9 Å². The number of hydrogen-bond acceptors (Lipinski definition) is 5. The van der Waals surface area contributed by atoms with Crippen molar-refractivity contribution in [1.82, 2.24) is 4.57 Å². The van der Waals surface area contributed by atoms with Crippen LogP contribution in [0, 0.1) is 0 Å². The zero-order valence-electron chi connectivity index (χ0n) is 16.8. The molecule has 5 rings (SSSR count). The molecule has 1 aliphatic heterocycles. The Bertz CT molecular complexity index is 1360. The minimum Gasteiger partial charge on any atom is -0.464 e. The molecule has 0 bridgehead atoms. The van der Waals surface area contributed by atoms with E-state index in [1.807, 2.05) is 60.7 Å². The zero-order valence-corrected chi connectivity index (χ0v) is 16.8. The number of methoxy groups -OCH3 is 1. The number of carbonyl (C=O) groups excluding carboxylic acids is 1. The van der Waals surface area contributed by atoms with Gasteiger partial charge in [0.25, 0.3) is 5.56 Å². The lowest BCUT2D eigenvalue weighted by molar-refractivity contribution is 0.0588. The molecule has 2 heterocycles. The minimum atomic E-state index is -0.567. The van der Waals surface area contributed by atoms with Crippen LogP contribution in [0.1, 0.15) is 16.1 Å². The van der Waals surface area contributed by atoms with Crippen LogP contribution in [0.25, 0.3) is 21.9 Å². The summed E-state index contributed by atoms with van der Waals surface area (Å²) in [5.74, 6) is 0.712. The molecule has 0 aliphatic carbocycles. The lowest BCUT2D eigenvalue weighted by Crippen LogP contribution is -2.28. The molecule has 0 saturated carbocycles. The van der Waals surface area contributed by atoms with Gasteiger partial charge in [-0.3, -0.25) is 9.36 Å². The third-order valence-corrected chi connectivity index (χ3v) is 5.40. The molecule has 6 heteroatoms. The van der Waals surface area contributed by atoms with Crippen molar-refractivity contribution >= 4 is 16.7 Å². The van der Waals surface area contributed by atoms with Crippen LogP contribution in [0.2, 0.25) is 0 Å². The minimum absolute atomic E-state index is 0.167. The zero-order chi connectivity index (χ0) is 21.4. The summed E-state index contributed by atoms with van der Waals surface area (Å²) in [4.78, 5) is 26.5. The van der Waals surface area contributed by atoms with E-state index in [-0.39, 0.29) is 24.6 Å². The van der Waals surface area contributed by atoms with Crippen LogP contribution in [-0.2, 0) is 11.3 Å². The average molecular weight is 413 g/mol. The number of carbonyl (C=O) groups is 1. The maximum Gasteiger partial charge on any atom is 0.355 e. The summed E-state index contributed by atoms with van der Waals surface area (Å²) in [5.41, 5.74) is 2.27. The van der Waals surface area contributed by atoms with Gasteiger partial charge >= 0.3 is 5.97 Å². The average Bonchev–Trinajstić information content (AvgIpc) is 3.28. The van der Waals surface area contributed by atoms with Gasteiger partial charge in [0, 0.05) is 10.9 Å². The van der Waals surface area contributed by atoms with Gasteiger partial charge in [0.05, 0.1) is 13.7 Å². The summed E-state index contributed by atoms with van der Waals surface area (Å²) in [7, 11) is 1.32. The number of esters is 1. The number of fused-ring (bicyclic) bond motifs is 2. The van der Waals surface area contributed by atoms with Gasteiger partial charge in [-0.25, -0.2) is 4.79 Å². The predicted molar refractivity (Wildman–Crippen MR) is 117 cm³/mol. The van der Waals surface area contributed by atoms with Crippen LogP contribution in [-0.4, -0.2) is 24.4 Å². The Morgan fingerprint density at radius 2 is 1.65 bits per heavy atom. The molecule has 0 fully saturated rings. The number of benzene rings is 3. The Morgan fingerprint density at radius 3 is 2.42 bits per heavy atom. The highest BCUT2D eigenvalue weighted by Crippen LogP contribution is 2.34. The molecule has 0 saturated heterocycles. The summed E-state index contributed by atoms with van der Waals surface area (Å²) >= 11 is 0. The summed E-state index contributed by atoms with van der Waals surface area (Å²) < 4.78 is 17.4. The van der Waals surface area contributed by atoms with E-state index in [1.165, 1.54) is 11.7 Å². The number of aromatic nitrogens is 1. The molecule has 154 valence electrons. The van der Waals surface area contributed by atoms with Gasteiger partial charge in [-0.1, -0.05) is 54.6 Å². The first-order valence-corrected chi connectivity index (χ1v) is 9.85. The van der Waals surface area contributed by atoms with E-state index < -0.39 is 5.97 Å². The molecule has 0 radical (unpaired) electrons. The molecule has 0 atom stereocenters. The summed E-state index contributed by atoms with van der Waals surface area (Å²) in [5, 5.41) is 1.25. The molecule has 0 unspecified atom stereocenters. The van der Waals surface area contributed by atoms with Crippen molar-refractivity contribution in [2.45, 2.75) is 6.54 Å². The third kappa shape index (κ3) is 3.22. The maximum absolute atomic E-state index is 13.5. The number of rotatable bonds is 4. The second-order valence-corrected chi connectivity index (χ2v) is 7.21. The number of nitrogens with zero attached hydrogens (tertiary/aromatic N) is 1. The van der Waals surface area contributed by atoms with Gasteiger partial charge in [0.1, 0.15) is 5.69 Å². The Kier molecular flexibility index (Phi) is 4.67. The van der Waals surface area contributed by atoms with E-state index in [2.05, 4.69) is 0 Å². The van der Waals surface area contributed by atoms with E-state index in [0.29, 0.717) is 27.8 Å². The smallest absolute Gasteiger partial charge is 0.355 e. The lowest BCUT2D eigenvalue weighted by atomic mass is 9.96. The van der Waals surface area contributed by atoms with E-state index in [4.69, 9.17) is 14.2 Å². The monoisotopic (exact) mass is 413 g/mol. The van der Waals surface area contributed by atoms with E-state index in [9.17, 15) is 9.59 Å². The molecule has 0 amide bonds. The normalized spacial score (nSPS) is 12.2. The van der Waals surface area contributed by atoms with Crippen LogP contribution >= 0.6 is 0 Å². The Labute approximate surface area is 178 Å². The van der Waals surface area contributed by atoms with Crippen LogP contribution in [0.3, 0.4) is 0 Å². The molecule has 1 aliphatic rings. The van der Waals surface area contributed by atoms with Crippen molar-refractivity contribution in [3.05, 3.63) is 94.4 Å². The van der Waals surface area contributed by atoms with Crippen molar-refractivity contribution in [1.29, 1.82) is 0 Å². The molecule has 31 heavy (non-hydrogen) atoms. The molecule has 0 spiro atoms. The molecular formula is C25H19NO5. The molecular weight excluding hydrogens is 394 g/mol. The number of pyridine rings is 1. The topological polar surface area (TPSA) is 66.8 Å². The summed E-state index contributed by atoms with van der Waals surface area (Å²) in [6.45, 7) is 0.352. The van der Waals surface area contributed by atoms with Gasteiger partial charge in [0.2, 0.25) is 6.79 Å². The highest BCUT2D eigenvalue weighted by molar-refractivity contribution is 6.06. The first-order valence-electron chi connectivity index (χ1n) is 9.85. The molecule has 0 N–H and O–H groups in total. The second-order valence-electron chi connectivity index (χ2n) is 7.21. The fraction of sp³-hybridized carbons (Fsp3) is 0.120. The third-order valence-electron chi connectivity index (χ3n) is 5.40. The highest BCUT2D eigenvalue weighted by atomic mass is 16.7. The predicted octanol–water partition coefficient (Wildman–Crippen LogP) is 4.23. The van der Waals surface area contributed by atoms with E-state index in [1.54, 1.807) is 12.1 Å². The second kappa shape index (κ2) is 7.65. The SMILES string of the molecule is COC(=O)c1c(-c2ccccc2)c2ccccc2c(=O)n1Cc1ccc2c(c1)OCO2. The summed E-state index contributed by atoms with van der Waals surface area (Å²) in [6, 6.07) is 22.4. The Balaban J connectivity index is 1.80. The molecule has 6 nitrogen and oxygen atoms in total.